The van der Waals surface area contributed by atoms with Crippen LogP contribution in [0.25, 0.3) is 0 Å². The summed E-state index contributed by atoms with van der Waals surface area (Å²) >= 11 is 0. The van der Waals surface area contributed by atoms with E-state index in [9.17, 15) is 4.79 Å². The minimum Gasteiger partial charge on any atom is -0.399 e. The Balaban J connectivity index is 1.95. The molecule has 0 saturated heterocycles. The molecule has 1 heterocycles. The molecule has 1 aliphatic carbocycles. The molecule has 0 radical (unpaired) electrons. The fourth-order valence-corrected chi connectivity index (χ4v) is 2.60. The van der Waals surface area contributed by atoms with E-state index in [2.05, 4.69) is 4.98 Å². The SMILES string of the molecule is CN(CC1CCCCC1)C(=O)c1cc(N)ccn1. The molecular formula is C14H21N3O. The third kappa shape index (κ3) is 3.22. The van der Waals surface area contributed by atoms with Crippen molar-refractivity contribution >= 4 is 11.6 Å². The van der Waals surface area contributed by atoms with Gasteiger partial charge in [0, 0.05) is 25.5 Å². The van der Waals surface area contributed by atoms with Crippen molar-refractivity contribution in [2.45, 2.75) is 32.1 Å². The van der Waals surface area contributed by atoms with Gasteiger partial charge in [-0.2, -0.15) is 0 Å². The predicted molar refractivity (Wildman–Crippen MR) is 72.2 cm³/mol. The highest BCUT2D eigenvalue weighted by atomic mass is 16.2. The lowest BCUT2D eigenvalue weighted by Crippen LogP contribution is -2.33. The molecular weight excluding hydrogens is 226 g/mol. The first kappa shape index (κ1) is 12.9. The summed E-state index contributed by atoms with van der Waals surface area (Å²) in [5.74, 6) is 0.613. The molecule has 4 heteroatoms. The van der Waals surface area contributed by atoms with Crippen LogP contribution in [-0.2, 0) is 0 Å². The van der Waals surface area contributed by atoms with Gasteiger partial charge in [0.25, 0.3) is 5.91 Å². The quantitative estimate of drug-likeness (QED) is 0.891. The Kier molecular flexibility index (Phi) is 4.18. The number of carbonyl (C=O) groups is 1. The number of hydrogen-bond acceptors (Lipinski definition) is 3. The van der Waals surface area contributed by atoms with Crippen molar-refractivity contribution in [3.63, 3.8) is 0 Å². The summed E-state index contributed by atoms with van der Waals surface area (Å²) in [5, 5.41) is 0. The van der Waals surface area contributed by atoms with Crippen LogP contribution in [0.5, 0.6) is 0 Å². The lowest BCUT2D eigenvalue weighted by atomic mass is 9.89. The number of rotatable bonds is 3. The number of anilines is 1. The van der Waals surface area contributed by atoms with Crippen molar-refractivity contribution < 1.29 is 4.79 Å². The lowest BCUT2D eigenvalue weighted by Gasteiger charge is -2.26. The van der Waals surface area contributed by atoms with Crippen molar-refractivity contribution in [1.82, 2.24) is 9.88 Å². The molecule has 1 aromatic heterocycles. The molecule has 0 aromatic carbocycles. The number of nitrogen functional groups attached to an aromatic ring is 1. The van der Waals surface area contributed by atoms with Gasteiger partial charge in [0.2, 0.25) is 0 Å². The summed E-state index contributed by atoms with van der Waals surface area (Å²) in [6.45, 7) is 0.829. The molecule has 1 fully saturated rings. The number of amides is 1. The second-order valence-electron chi connectivity index (χ2n) is 5.16. The van der Waals surface area contributed by atoms with Gasteiger partial charge < -0.3 is 10.6 Å². The average molecular weight is 247 g/mol. The predicted octanol–water partition coefficient (Wildman–Crippen LogP) is 2.32. The average Bonchev–Trinajstić information content (AvgIpc) is 2.39. The van der Waals surface area contributed by atoms with Gasteiger partial charge in [-0.05, 0) is 30.9 Å². The highest BCUT2D eigenvalue weighted by Crippen LogP contribution is 2.24. The van der Waals surface area contributed by atoms with Crippen molar-refractivity contribution in [2.24, 2.45) is 5.92 Å². The van der Waals surface area contributed by atoms with Crippen molar-refractivity contribution in [2.75, 3.05) is 19.3 Å². The maximum atomic E-state index is 12.2. The van der Waals surface area contributed by atoms with Crippen LogP contribution in [0.4, 0.5) is 5.69 Å². The van der Waals surface area contributed by atoms with E-state index in [4.69, 9.17) is 5.73 Å². The number of carbonyl (C=O) groups excluding carboxylic acids is 1. The van der Waals surface area contributed by atoms with Crippen molar-refractivity contribution in [1.29, 1.82) is 0 Å². The minimum atomic E-state index is -0.0344. The van der Waals surface area contributed by atoms with E-state index in [0.29, 0.717) is 17.3 Å². The van der Waals surface area contributed by atoms with Crippen LogP contribution < -0.4 is 5.73 Å². The van der Waals surface area contributed by atoms with Crippen LogP contribution in [0.2, 0.25) is 0 Å². The molecule has 1 amide bonds. The summed E-state index contributed by atoms with van der Waals surface area (Å²) in [7, 11) is 1.85. The Labute approximate surface area is 108 Å². The van der Waals surface area contributed by atoms with E-state index in [0.717, 1.165) is 6.54 Å². The smallest absolute Gasteiger partial charge is 0.272 e. The first-order valence-electron chi connectivity index (χ1n) is 6.64. The van der Waals surface area contributed by atoms with Gasteiger partial charge in [0.05, 0.1) is 0 Å². The van der Waals surface area contributed by atoms with E-state index in [1.165, 1.54) is 32.1 Å². The van der Waals surface area contributed by atoms with Gasteiger partial charge in [0.1, 0.15) is 5.69 Å². The summed E-state index contributed by atoms with van der Waals surface area (Å²) in [6.07, 6.45) is 7.98. The van der Waals surface area contributed by atoms with Gasteiger partial charge in [0.15, 0.2) is 0 Å². The number of aromatic nitrogens is 1. The normalized spacial score (nSPS) is 16.5. The Morgan fingerprint density at radius 1 is 1.44 bits per heavy atom. The minimum absolute atomic E-state index is 0.0344. The van der Waals surface area contributed by atoms with E-state index in [-0.39, 0.29) is 5.91 Å². The number of nitrogens with zero attached hydrogens (tertiary/aromatic N) is 2. The molecule has 0 unspecified atom stereocenters. The molecule has 2 N–H and O–H groups in total. The molecule has 4 nitrogen and oxygen atoms in total. The Hall–Kier alpha value is -1.58. The summed E-state index contributed by atoms with van der Waals surface area (Å²) in [5.41, 5.74) is 6.69. The van der Waals surface area contributed by atoms with Crippen molar-refractivity contribution in [3.8, 4) is 0 Å². The monoisotopic (exact) mass is 247 g/mol. The fourth-order valence-electron chi connectivity index (χ4n) is 2.60. The molecule has 0 spiro atoms. The van der Waals surface area contributed by atoms with Gasteiger partial charge in [-0.25, -0.2) is 0 Å². The standard InChI is InChI=1S/C14H21N3O/c1-17(10-11-5-3-2-4-6-11)14(18)13-9-12(15)7-8-16-13/h7-9,11H,2-6,10H2,1H3,(H2,15,16). The largest absolute Gasteiger partial charge is 0.399 e. The Bertz CT molecular complexity index is 413. The zero-order chi connectivity index (χ0) is 13.0. The van der Waals surface area contributed by atoms with Gasteiger partial charge in [-0.1, -0.05) is 19.3 Å². The highest BCUT2D eigenvalue weighted by molar-refractivity contribution is 5.92. The van der Waals surface area contributed by atoms with Crippen LogP contribution in [-0.4, -0.2) is 29.4 Å². The zero-order valence-corrected chi connectivity index (χ0v) is 10.9. The second kappa shape index (κ2) is 5.85. The van der Waals surface area contributed by atoms with E-state index in [1.807, 2.05) is 7.05 Å². The van der Waals surface area contributed by atoms with Crippen LogP contribution in [0.1, 0.15) is 42.6 Å². The molecule has 1 aromatic rings. The maximum Gasteiger partial charge on any atom is 0.272 e. The molecule has 0 aliphatic heterocycles. The van der Waals surface area contributed by atoms with Crippen LogP contribution >= 0.6 is 0 Å². The van der Waals surface area contributed by atoms with E-state index < -0.39 is 0 Å². The van der Waals surface area contributed by atoms with E-state index in [1.54, 1.807) is 23.2 Å². The highest BCUT2D eigenvalue weighted by Gasteiger charge is 2.19. The van der Waals surface area contributed by atoms with Crippen LogP contribution in [0.3, 0.4) is 0 Å². The first-order valence-corrected chi connectivity index (χ1v) is 6.64. The van der Waals surface area contributed by atoms with E-state index >= 15 is 0 Å². The Morgan fingerprint density at radius 3 is 2.83 bits per heavy atom. The van der Waals surface area contributed by atoms with Crippen LogP contribution in [0, 0.1) is 5.92 Å². The third-order valence-corrected chi connectivity index (χ3v) is 3.61. The van der Waals surface area contributed by atoms with Crippen molar-refractivity contribution in [3.05, 3.63) is 24.0 Å². The first-order chi connectivity index (χ1) is 8.66. The zero-order valence-electron chi connectivity index (χ0n) is 10.9. The molecule has 1 saturated carbocycles. The summed E-state index contributed by atoms with van der Waals surface area (Å²) in [6, 6.07) is 3.33. The number of pyridine rings is 1. The molecule has 0 atom stereocenters. The second-order valence-corrected chi connectivity index (χ2v) is 5.16. The Morgan fingerprint density at radius 2 is 2.17 bits per heavy atom. The number of nitrogens with two attached hydrogens (primary N) is 1. The maximum absolute atomic E-state index is 12.2. The lowest BCUT2D eigenvalue weighted by molar-refractivity contribution is 0.0755. The van der Waals surface area contributed by atoms with Gasteiger partial charge >= 0.3 is 0 Å². The molecule has 1 aliphatic rings. The van der Waals surface area contributed by atoms with Gasteiger partial charge in [-0.15, -0.1) is 0 Å². The van der Waals surface area contributed by atoms with Crippen LogP contribution in [0.15, 0.2) is 18.3 Å². The summed E-state index contributed by atoms with van der Waals surface area (Å²) in [4.78, 5) is 18.0. The molecule has 98 valence electrons. The molecule has 0 bridgehead atoms. The molecule has 18 heavy (non-hydrogen) atoms. The molecule has 2 rings (SSSR count). The van der Waals surface area contributed by atoms with Gasteiger partial charge in [-0.3, -0.25) is 9.78 Å². The topological polar surface area (TPSA) is 59.2 Å². The fraction of sp³-hybridized carbons (Fsp3) is 0.571. The third-order valence-electron chi connectivity index (χ3n) is 3.61. The number of hydrogen-bond donors (Lipinski definition) is 1. The summed E-state index contributed by atoms with van der Waals surface area (Å²) < 4.78 is 0.